The predicted octanol–water partition coefficient (Wildman–Crippen LogP) is 3.11. The third-order valence-corrected chi connectivity index (χ3v) is 5.89. The van der Waals surface area contributed by atoms with Crippen LogP contribution in [0.2, 0.25) is 0 Å². The summed E-state index contributed by atoms with van der Waals surface area (Å²) in [5.74, 6) is 0.485. The summed E-state index contributed by atoms with van der Waals surface area (Å²) < 4.78 is 11.5. The topological polar surface area (TPSA) is 64.7 Å². The van der Waals surface area contributed by atoms with Crippen molar-refractivity contribution in [1.29, 1.82) is 0 Å². The first-order valence-corrected chi connectivity index (χ1v) is 9.95. The molecule has 1 fully saturated rings. The van der Waals surface area contributed by atoms with Gasteiger partial charge in [-0.15, -0.1) is 6.58 Å². The molecule has 0 radical (unpaired) electrons. The molecule has 1 unspecified atom stereocenters. The molecule has 0 spiro atoms. The summed E-state index contributed by atoms with van der Waals surface area (Å²) in [5.41, 5.74) is 10.1. The van der Waals surface area contributed by atoms with Crippen molar-refractivity contribution in [3.63, 3.8) is 0 Å². The zero-order valence-corrected chi connectivity index (χ0v) is 15.8. The summed E-state index contributed by atoms with van der Waals surface area (Å²) in [6.45, 7) is 5.82. The molecule has 144 valence electrons. The van der Waals surface area contributed by atoms with E-state index in [4.69, 9.17) is 15.2 Å². The highest BCUT2D eigenvalue weighted by Gasteiger charge is 2.36. The third-order valence-electron chi connectivity index (χ3n) is 5.89. The van der Waals surface area contributed by atoms with Crippen molar-refractivity contribution in [2.24, 2.45) is 5.73 Å². The van der Waals surface area contributed by atoms with Gasteiger partial charge in [0.15, 0.2) is 0 Å². The maximum atomic E-state index is 9.49. The van der Waals surface area contributed by atoms with Gasteiger partial charge in [-0.05, 0) is 67.6 Å². The van der Waals surface area contributed by atoms with Gasteiger partial charge in [0.05, 0.1) is 32.5 Å². The number of fused-ring (bicyclic) bond motifs is 1. The molecule has 3 N–H and O–H groups in total. The number of aryl methyl sites for hydroxylation is 1. The fourth-order valence-electron chi connectivity index (χ4n) is 4.26. The Labute approximate surface area is 157 Å². The van der Waals surface area contributed by atoms with Crippen LogP contribution in [0.1, 0.15) is 54.7 Å². The Morgan fingerprint density at radius 2 is 2.12 bits per heavy atom. The molecular weight excluding hydrogens is 326 g/mol. The van der Waals surface area contributed by atoms with Crippen molar-refractivity contribution in [1.82, 2.24) is 0 Å². The molecule has 0 aliphatic heterocycles. The standard InChI is InChI=1S/C22H33NO3/c1-2-3-10-25-11-12-26-21-7-6-17-13-18(4-5-19(17)14-21)20-8-9-22(23,15-20)16-24/h2,4-5,13,20-21,24H,1,3,6-12,14-16,23H2/t20-,21?,22+/m0/s1. The SMILES string of the molecule is C=CCCOCCOC1CCc2cc([C@H]3CC[C@](N)(CO)C3)ccc2C1. The van der Waals surface area contributed by atoms with E-state index in [1.54, 1.807) is 0 Å². The summed E-state index contributed by atoms with van der Waals surface area (Å²) >= 11 is 0. The van der Waals surface area contributed by atoms with Crippen molar-refractivity contribution in [2.45, 2.75) is 62.5 Å². The minimum absolute atomic E-state index is 0.0881. The van der Waals surface area contributed by atoms with Crippen molar-refractivity contribution in [2.75, 3.05) is 26.4 Å². The normalized spacial score (nSPS) is 28.1. The van der Waals surface area contributed by atoms with E-state index in [-0.39, 0.29) is 12.1 Å². The molecule has 3 rings (SSSR count). The Morgan fingerprint density at radius 1 is 1.23 bits per heavy atom. The molecule has 1 saturated carbocycles. The van der Waals surface area contributed by atoms with Crippen LogP contribution in [0.3, 0.4) is 0 Å². The summed E-state index contributed by atoms with van der Waals surface area (Å²) in [4.78, 5) is 0. The second kappa shape index (κ2) is 9.14. The van der Waals surface area contributed by atoms with E-state index in [0.717, 1.165) is 51.6 Å². The van der Waals surface area contributed by atoms with Crippen LogP contribution in [0.15, 0.2) is 30.9 Å². The molecule has 1 aromatic rings. The van der Waals surface area contributed by atoms with E-state index >= 15 is 0 Å². The van der Waals surface area contributed by atoms with Crippen molar-refractivity contribution < 1.29 is 14.6 Å². The molecule has 4 nitrogen and oxygen atoms in total. The molecule has 0 amide bonds. The molecule has 26 heavy (non-hydrogen) atoms. The number of hydrogen-bond acceptors (Lipinski definition) is 4. The highest BCUT2D eigenvalue weighted by molar-refractivity contribution is 5.36. The van der Waals surface area contributed by atoms with E-state index in [1.807, 2.05) is 6.08 Å². The van der Waals surface area contributed by atoms with Crippen molar-refractivity contribution in [3.05, 3.63) is 47.5 Å². The number of hydrogen-bond donors (Lipinski definition) is 2. The number of aliphatic hydroxyl groups is 1. The van der Waals surface area contributed by atoms with Crippen LogP contribution >= 0.6 is 0 Å². The van der Waals surface area contributed by atoms with E-state index in [9.17, 15) is 5.11 Å². The zero-order valence-electron chi connectivity index (χ0n) is 15.8. The lowest BCUT2D eigenvalue weighted by molar-refractivity contribution is 0.000427. The summed E-state index contributed by atoms with van der Waals surface area (Å²) in [6.07, 6.45) is 9.08. The number of aliphatic hydroxyl groups excluding tert-OH is 1. The first-order valence-electron chi connectivity index (χ1n) is 9.95. The quantitative estimate of drug-likeness (QED) is 0.525. The van der Waals surface area contributed by atoms with Gasteiger partial charge in [0, 0.05) is 5.54 Å². The van der Waals surface area contributed by atoms with Crippen LogP contribution in [-0.2, 0) is 22.3 Å². The average molecular weight is 360 g/mol. The highest BCUT2D eigenvalue weighted by Crippen LogP contribution is 2.40. The third kappa shape index (κ3) is 4.95. The van der Waals surface area contributed by atoms with Crippen LogP contribution in [0.5, 0.6) is 0 Å². The molecule has 2 aliphatic carbocycles. The van der Waals surface area contributed by atoms with Gasteiger partial charge in [-0.1, -0.05) is 24.3 Å². The highest BCUT2D eigenvalue weighted by atomic mass is 16.5. The second-order valence-corrected chi connectivity index (χ2v) is 7.91. The molecule has 1 aromatic carbocycles. The van der Waals surface area contributed by atoms with Crippen molar-refractivity contribution >= 4 is 0 Å². The first kappa shape index (κ1) is 19.6. The predicted molar refractivity (Wildman–Crippen MR) is 104 cm³/mol. The molecule has 3 atom stereocenters. The van der Waals surface area contributed by atoms with Crippen LogP contribution in [0.4, 0.5) is 0 Å². The van der Waals surface area contributed by atoms with Crippen molar-refractivity contribution in [3.8, 4) is 0 Å². The summed E-state index contributed by atoms with van der Waals surface area (Å²) in [7, 11) is 0. The van der Waals surface area contributed by atoms with Crippen LogP contribution < -0.4 is 5.73 Å². The molecule has 0 saturated heterocycles. The number of benzene rings is 1. The van der Waals surface area contributed by atoms with Crippen LogP contribution in [-0.4, -0.2) is 43.2 Å². The number of nitrogens with two attached hydrogens (primary N) is 1. The molecule has 2 aliphatic rings. The van der Waals surface area contributed by atoms with Gasteiger partial charge < -0.3 is 20.3 Å². The Bertz CT molecular complexity index is 603. The molecule has 4 heteroatoms. The van der Waals surface area contributed by atoms with E-state index in [1.165, 1.54) is 16.7 Å². The van der Waals surface area contributed by atoms with Gasteiger partial charge in [-0.3, -0.25) is 0 Å². The first-order chi connectivity index (χ1) is 12.6. The van der Waals surface area contributed by atoms with E-state index in [0.29, 0.717) is 25.2 Å². The molecular formula is C22H33NO3. The summed E-state index contributed by atoms with van der Waals surface area (Å²) in [5, 5.41) is 9.49. The minimum Gasteiger partial charge on any atom is -0.394 e. The maximum Gasteiger partial charge on any atom is 0.0704 e. The van der Waals surface area contributed by atoms with E-state index in [2.05, 4.69) is 24.8 Å². The maximum absolute atomic E-state index is 9.49. The van der Waals surface area contributed by atoms with Gasteiger partial charge in [0.2, 0.25) is 0 Å². The second-order valence-electron chi connectivity index (χ2n) is 7.91. The van der Waals surface area contributed by atoms with Crippen LogP contribution in [0.25, 0.3) is 0 Å². The summed E-state index contributed by atoms with van der Waals surface area (Å²) in [6, 6.07) is 6.90. The Hall–Kier alpha value is -1.20. The lowest BCUT2D eigenvalue weighted by Crippen LogP contribution is -2.40. The van der Waals surface area contributed by atoms with Gasteiger partial charge in [0.25, 0.3) is 0 Å². The number of rotatable bonds is 9. The average Bonchev–Trinajstić information content (AvgIpc) is 3.07. The Balaban J connectivity index is 1.49. The lowest BCUT2D eigenvalue weighted by atomic mass is 9.85. The molecule has 0 bridgehead atoms. The zero-order chi connectivity index (χ0) is 18.4. The van der Waals surface area contributed by atoms with Gasteiger partial charge in [-0.25, -0.2) is 0 Å². The Morgan fingerprint density at radius 3 is 2.88 bits per heavy atom. The fourth-order valence-corrected chi connectivity index (χ4v) is 4.26. The van der Waals surface area contributed by atoms with Gasteiger partial charge in [-0.2, -0.15) is 0 Å². The fraction of sp³-hybridized carbons (Fsp3) is 0.636. The minimum atomic E-state index is -0.382. The van der Waals surface area contributed by atoms with E-state index < -0.39 is 0 Å². The monoisotopic (exact) mass is 359 g/mol. The van der Waals surface area contributed by atoms with Gasteiger partial charge in [0.1, 0.15) is 0 Å². The number of ether oxygens (including phenoxy) is 2. The van der Waals surface area contributed by atoms with Gasteiger partial charge >= 0.3 is 0 Å². The van der Waals surface area contributed by atoms with Crippen LogP contribution in [0, 0.1) is 0 Å². The molecule has 0 heterocycles. The Kier molecular flexibility index (Phi) is 6.87. The largest absolute Gasteiger partial charge is 0.394 e. The smallest absolute Gasteiger partial charge is 0.0704 e. The lowest BCUT2D eigenvalue weighted by Gasteiger charge is -2.26. The molecule has 0 aromatic heterocycles.